The van der Waals surface area contributed by atoms with Crippen molar-refractivity contribution in [2.75, 3.05) is 6.61 Å². The maximum atomic E-state index is 11.7. The maximum Gasteiger partial charge on any atom is 0.338 e. The third-order valence-corrected chi connectivity index (χ3v) is 3.65. The van der Waals surface area contributed by atoms with E-state index in [1.165, 1.54) is 0 Å². The van der Waals surface area contributed by atoms with Crippen LogP contribution in [-0.2, 0) is 11.2 Å². The van der Waals surface area contributed by atoms with E-state index >= 15 is 0 Å². The van der Waals surface area contributed by atoms with E-state index < -0.39 is 6.10 Å². The van der Waals surface area contributed by atoms with Gasteiger partial charge in [-0.25, -0.2) is 4.79 Å². The Morgan fingerprint density at radius 3 is 2.62 bits per heavy atom. The van der Waals surface area contributed by atoms with Gasteiger partial charge in [0, 0.05) is 10.9 Å². The second-order valence-electron chi connectivity index (χ2n) is 4.69. The van der Waals surface area contributed by atoms with Crippen LogP contribution in [0.25, 0.3) is 0 Å². The second-order valence-corrected chi connectivity index (χ2v) is 5.61. The Morgan fingerprint density at radius 1 is 1.24 bits per heavy atom. The van der Waals surface area contributed by atoms with Gasteiger partial charge in [-0.05, 0) is 42.3 Å². The number of carbonyl (C=O) groups is 1. The SMILES string of the molecule is CCOC(=O)c1cccc(CC(O)c2ccc(Br)cc2)c1. The van der Waals surface area contributed by atoms with Crippen LogP contribution in [0.5, 0.6) is 0 Å². The molecule has 21 heavy (non-hydrogen) atoms. The molecule has 110 valence electrons. The first-order valence-corrected chi connectivity index (χ1v) is 7.59. The number of hydrogen-bond acceptors (Lipinski definition) is 3. The minimum atomic E-state index is -0.601. The number of carbonyl (C=O) groups excluding carboxylic acids is 1. The summed E-state index contributed by atoms with van der Waals surface area (Å²) in [7, 11) is 0. The quantitative estimate of drug-likeness (QED) is 0.833. The molecule has 0 aromatic heterocycles. The van der Waals surface area contributed by atoms with Crippen molar-refractivity contribution in [3.63, 3.8) is 0 Å². The summed E-state index contributed by atoms with van der Waals surface area (Å²) in [5, 5.41) is 10.3. The lowest BCUT2D eigenvalue weighted by molar-refractivity contribution is 0.0526. The number of aliphatic hydroxyl groups is 1. The van der Waals surface area contributed by atoms with Gasteiger partial charge in [0.15, 0.2) is 0 Å². The third kappa shape index (κ3) is 4.41. The topological polar surface area (TPSA) is 46.5 Å². The molecule has 0 aliphatic rings. The first-order valence-electron chi connectivity index (χ1n) is 6.79. The highest BCUT2D eigenvalue weighted by Crippen LogP contribution is 2.21. The molecule has 0 spiro atoms. The minimum Gasteiger partial charge on any atom is -0.462 e. The largest absolute Gasteiger partial charge is 0.462 e. The lowest BCUT2D eigenvalue weighted by atomic mass is 10.00. The normalized spacial score (nSPS) is 12.0. The molecule has 2 aromatic carbocycles. The number of aliphatic hydroxyl groups excluding tert-OH is 1. The third-order valence-electron chi connectivity index (χ3n) is 3.12. The summed E-state index contributed by atoms with van der Waals surface area (Å²) in [4.78, 5) is 11.7. The van der Waals surface area contributed by atoms with E-state index in [-0.39, 0.29) is 5.97 Å². The number of esters is 1. The summed E-state index contributed by atoms with van der Waals surface area (Å²) in [5.41, 5.74) is 2.26. The highest BCUT2D eigenvalue weighted by atomic mass is 79.9. The van der Waals surface area contributed by atoms with Gasteiger partial charge < -0.3 is 9.84 Å². The van der Waals surface area contributed by atoms with E-state index in [1.54, 1.807) is 25.1 Å². The first kappa shape index (κ1) is 15.7. The van der Waals surface area contributed by atoms with Crippen LogP contribution in [0.3, 0.4) is 0 Å². The molecule has 0 bridgehead atoms. The molecular formula is C17H17BrO3. The Kier molecular flexibility index (Phi) is 5.53. The Bertz CT molecular complexity index is 608. The van der Waals surface area contributed by atoms with E-state index in [4.69, 9.17) is 4.74 Å². The number of ether oxygens (including phenoxy) is 1. The van der Waals surface area contributed by atoms with Gasteiger partial charge >= 0.3 is 5.97 Å². The van der Waals surface area contributed by atoms with Crippen molar-refractivity contribution < 1.29 is 14.6 Å². The number of benzene rings is 2. The van der Waals surface area contributed by atoms with Crippen molar-refractivity contribution in [1.29, 1.82) is 0 Å². The van der Waals surface area contributed by atoms with E-state index in [9.17, 15) is 9.90 Å². The van der Waals surface area contributed by atoms with Gasteiger partial charge in [-0.2, -0.15) is 0 Å². The molecule has 3 nitrogen and oxygen atoms in total. The summed E-state index contributed by atoms with van der Waals surface area (Å²) in [6.07, 6.45) is -0.148. The molecule has 0 fully saturated rings. The molecule has 0 aliphatic heterocycles. The molecule has 0 amide bonds. The molecule has 0 heterocycles. The molecule has 0 aliphatic carbocycles. The van der Waals surface area contributed by atoms with Crippen LogP contribution in [0.15, 0.2) is 53.0 Å². The molecule has 1 unspecified atom stereocenters. The Labute approximate surface area is 132 Å². The van der Waals surface area contributed by atoms with Gasteiger partial charge in [-0.3, -0.25) is 0 Å². The zero-order valence-corrected chi connectivity index (χ0v) is 13.3. The number of hydrogen-bond donors (Lipinski definition) is 1. The van der Waals surface area contributed by atoms with Crippen LogP contribution in [-0.4, -0.2) is 17.7 Å². The second kappa shape index (κ2) is 7.38. The van der Waals surface area contributed by atoms with Crippen LogP contribution in [0.1, 0.15) is 34.5 Å². The monoisotopic (exact) mass is 348 g/mol. The average molecular weight is 349 g/mol. The lowest BCUT2D eigenvalue weighted by Gasteiger charge is -2.12. The summed E-state index contributed by atoms with van der Waals surface area (Å²) in [6.45, 7) is 2.13. The molecule has 0 saturated carbocycles. The predicted molar refractivity (Wildman–Crippen MR) is 85.2 cm³/mol. The molecule has 1 atom stereocenters. The van der Waals surface area contributed by atoms with Gasteiger partial charge in [0.25, 0.3) is 0 Å². The van der Waals surface area contributed by atoms with E-state index in [0.717, 1.165) is 15.6 Å². The molecule has 2 aromatic rings. The first-order chi connectivity index (χ1) is 10.1. The number of rotatable bonds is 5. The van der Waals surface area contributed by atoms with Crippen LogP contribution in [0, 0.1) is 0 Å². The van der Waals surface area contributed by atoms with Crippen LogP contribution >= 0.6 is 15.9 Å². The molecule has 0 saturated heterocycles. The van der Waals surface area contributed by atoms with Gasteiger partial charge in [0.1, 0.15) is 0 Å². The summed E-state index contributed by atoms with van der Waals surface area (Å²) in [5.74, 6) is -0.336. The van der Waals surface area contributed by atoms with Crippen LogP contribution < -0.4 is 0 Å². The maximum absolute atomic E-state index is 11.7. The van der Waals surface area contributed by atoms with Crippen molar-refractivity contribution in [2.45, 2.75) is 19.4 Å². The summed E-state index contributed by atoms with van der Waals surface area (Å²) in [6, 6.07) is 14.7. The minimum absolute atomic E-state index is 0.336. The van der Waals surface area contributed by atoms with Gasteiger partial charge in [0.05, 0.1) is 18.3 Å². The van der Waals surface area contributed by atoms with Crippen molar-refractivity contribution in [1.82, 2.24) is 0 Å². The fourth-order valence-corrected chi connectivity index (χ4v) is 2.33. The van der Waals surface area contributed by atoms with Crippen molar-refractivity contribution in [3.8, 4) is 0 Å². The van der Waals surface area contributed by atoms with Gasteiger partial charge in [0.2, 0.25) is 0 Å². The standard InChI is InChI=1S/C17H17BrO3/c1-2-21-17(20)14-5-3-4-12(10-14)11-16(19)13-6-8-15(18)9-7-13/h3-10,16,19H,2,11H2,1H3. The van der Waals surface area contributed by atoms with Gasteiger partial charge in [-0.15, -0.1) is 0 Å². The summed E-state index contributed by atoms with van der Waals surface area (Å²) >= 11 is 3.37. The molecule has 2 rings (SSSR count). The van der Waals surface area contributed by atoms with Crippen LogP contribution in [0.4, 0.5) is 0 Å². The molecule has 4 heteroatoms. The highest BCUT2D eigenvalue weighted by Gasteiger charge is 2.11. The lowest BCUT2D eigenvalue weighted by Crippen LogP contribution is -2.06. The Hall–Kier alpha value is -1.65. The van der Waals surface area contributed by atoms with Crippen LogP contribution in [0.2, 0.25) is 0 Å². The van der Waals surface area contributed by atoms with Crippen molar-refractivity contribution >= 4 is 21.9 Å². The Balaban J connectivity index is 2.10. The predicted octanol–water partition coefficient (Wildman–Crippen LogP) is 3.90. The zero-order valence-electron chi connectivity index (χ0n) is 11.8. The average Bonchev–Trinajstić information content (AvgIpc) is 2.48. The smallest absolute Gasteiger partial charge is 0.338 e. The van der Waals surface area contributed by atoms with E-state index in [0.29, 0.717) is 18.6 Å². The molecule has 0 radical (unpaired) electrons. The van der Waals surface area contributed by atoms with Crippen molar-refractivity contribution in [3.05, 3.63) is 69.7 Å². The highest BCUT2D eigenvalue weighted by molar-refractivity contribution is 9.10. The fraction of sp³-hybridized carbons (Fsp3) is 0.235. The molecular weight excluding hydrogens is 332 g/mol. The number of halogens is 1. The summed E-state index contributed by atoms with van der Waals surface area (Å²) < 4.78 is 5.95. The zero-order chi connectivity index (χ0) is 15.2. The fourth-order valence-electron chi connectivity index (χ4n) is 2.07. The van der Waals surface area contributed by atoms with E-state index in [2.05, 4.69) is 15.9 Å². The Morgan fingerprint density at radius 2 is 1.95 bits per heavy atom. The van der Waals surface area contributed by atoms with Gasteiger partial charge in [-0.1, -0.05) is 40.2 Å². The van der Waals surface area contributed by atoms with E-state index in [1.807, 2.05) is 30.3 Å². The molecule has 1 N–H and O–H groups in total. The van der Waals surface area contributed by atoms with Crippen molar-refractivity contribution in [2.24, 2.45) is 0 Å².